The molecule has 1 aliphatic carbocycles. The number of para-hydroxylation sites is 1. The van der Waals surface area contributed by atoms with Crippen LogP contribution in [0.25, 0.3) is 0 Å². The highest BCUT2D eigenvalue weighted by Crippen LogP contribution is 2.34. The Morgan fingerprint density at radius 1 is 1.38 bits per heavy atom. The molecular weight excluding hydrogens is 320 g/mol. The lowest BCUT2D eigenvalue weighted by molar-refractivity contribution is -0.0515. The van der Waals surface area contributed by atoms with E-state index in [1.165, 1.54) is 19.2 Å². The molecule has 0 bridgehead atoms. The number of methoxy groups -OCH3 is 1. The number of benzene rings is 1. The lowest BCUT2D eigenvalue weighted by atomic mass is 9.93. The molecule has 0 spiro atoms. The number of nitrogens with one attached hydrogen (secondary N) is 1. The maximum absolute atomic E-state index is 12.7. The molecule has 5 nitrogen and oxygen atoms in total. The van der Waals surface area contributed by atoms with Crippen LogP contribution in [0.1, 0.15) is 40.6 Å². The first-order chi connectivity index (χ1) is 11.6. The molecule has 1 aliphatic rings. The van der Waals surface area contributed by atoms with E-state index < -0.39 is 12.5 Å². The van der Waals surface area contributed by atoms with Crippen LogP contribution in [-0.4, -0.2) is 19.6 Å². The summed E-state index contributed by atoms with van der Waals surface area (Å²) in [6.07, 6.45) is 4.05. The highest BCUT2D eigenvalue weighted by atomic mass is 19.3. The van der Waals surface area contributed by atoms with E-state index in [0.29, 0.717) is 0 Å². The lowest BCUT2D eigenvalue weighted by Gasteiger charge is -2.23. The Morgan fingerprint density at radius 2 is 2.21 bits per heavy atom. The van der Waals surface area contributed by atoms with Crippen molar-refractivity contribution in [3.8, 4) is 11.5 Å². The molecule has 7 heteroatoms. The van der Waals surface area contributed by atoms with Gasteiger partial charge in [-0.05, 0) is 31.0 Å². The Labute approximate surface area is 137 Å². The van der Waals surface area contributed by atoms with Gasteiger partial charge in [0.15, 0.2) is 11.5 Å². The number of rotatable bonds is 5. The predicted molar refractivity (Wildman–Crippen MR) is 81.5 cm³/mol. The molecule has 0 aliphatic heterocycles. The van der Waals surface area contributed by atoms with Crippen molar-refractivity contribution in [3.63, 3.8) is 0 Å². The Hall–Kier alpha value is -2.57. The number of ether oxygens (including phenoxy) is 2. The van der Waals surface area contributed by atoms with Crippen LogP contribution >= 0.6 is 0 Å². The molecule has 128 valence electrons. The average Bonchev–Trinajstić information content (AvgIpc) is 3.04. The maximum Gasteiger partial charge on any atom is 0.387 e. The first-order valence-electron chi connectivity index (χ1n) is 7.59. The molecule has 0 saturated heterocycles. The van der Waals surface area contributed by atoms with Crippen molar-refractivity contribution in [2.45, 2.75) is 31.9 Å². The minimum absolute atomic E-state index is 0.00488. The molecule has 1 atom stereocenters. The molecule has 0 fully saturated rings. The van der Waals surface area contributed by atoms with Crippen LogP contribution in [-0.2, 0) is 6.42 Å². The first kappa shape index (κ1) is 16.3. The number of carbonyl (C=O) groups is 1. The Balaban J connectivity index is 1.86. The third kappa shape index (κ3) is 3.20. The normalized spacial score (nSPS) is 16.6. The number of fused-ring (bicyclic) bond motifs is 1. The zero-order chi connectivity index (χ0) is 17.1. The number of carbonyl (C=O) groups excluding carboxylic acids is 1. The third-order valence-electron chi connectivity index (χ3n) is 4.01. The summed E-state index contributed by atoms with van der Waals surface area (Å²) in [6.45, 7) is -3.05. The van der Waals surface area contributed by atoms with E-state index in [2.05, 4.69) is 10.1 Å². The van der Waals surface area contributed by atoms with Crippen molar-refractivity contribution in [1.29, 1.82) is 0 Å². The lowest BCUT2D eigenvalue weighted by Crippen LogP contribution is -2.31. The topological polar surface area (TPSA) is 60.7 Å². The summed E-state index contributed by atoms with van der Waals surface area (Å²) in [5, 5.41) is 2.86. The summed E-state index contributed by atoms with van der Waals surface area (Å²) in [6, 6.07) is 6.04. The van der Waals surface area contributed by atoms with E-state index in [0.717, 1.165) is 30.6 Å². The number of hydrogen-bond donors (Lipinski definition) is 1. The van der Waals surface area contributed by atoms with Crippen LogP contribution in [0.4, 0.5) is 8.78 Å². The van der Waals surface area contributed by atoms with Gasteiger partial charge in [-0.15, -0.1) is 0 Å². The fraction of sp³-hybridized carbons (Fsp3) is 0.353. The van der Waals surface area contributed by atoms with E-state index in [-0.39, 0.29) is 23.1 Å². The zero-order valence-electron chi connectivity index (χ0n) is 13.1. The van der Waals surface area contributed by atoms with Crippen LogP contribution in [0.15, 0.2) is 34.9 Å². The number of halogens is 2. The smallest absolute Gasteiger partial charge is 0.387 e. The van der Waals surface area contributed by atoms with Crippen molar-refractivity contribution in [2.24, 2.45) is 0 Å². The number of hydrogen-bond acceptors (Lipinski definition) is 4. The highest BCUT2D eigenvalue weighted by molar-refractivity contribution is 5.98. The first-order valence-corrected chi connectivity index (χ1v) is 7.59. The van der Waals surface area contributed by atoms with Gasteiger partial charge in [-0.2, -0.15) is 8.78 Å². The van der Waals surface area contributed by atoms with Crippen molar-refractivity contribution in [2.75, 3.05) is 7.11 Å². The van der Waals surface area contributed by atoms with E-state index in [1.54, 1.807) is 12.3 Å². The standard InChI is InChI=1S/C17H17F2NO4/c1-22-14-7-2-4-11(15(14)24-17(18)19)16(21)20-12-5-3-6-13-10(12)8-9-23-13/h2,4,7-9,12,17H,3,5-6H2,1H3,(H,20,21). The van der Waals surface area contributed by atoms with Gasteiger partial charge in [-0.3, -0.25) is 4.79 Å². The summed E-state index contributed by atoms with van der Waals surface area (Å²) in [5.74, 6) is 0.163. The monoisotopic (exact) mass is 337 g/mol. The summed E-state index contributed by atoms with van der Waals surface area (Å²) >= 11 is 0. The van der Waals surface area contributed by atoms with Gasteiger partial charge in [-0.1, -0.05) is 6.07 Å². The van der Waals surface area contributed by atoms with Gasteiger partial charge in [0.2, 0.25) is 0 Å². The van der Waals surface area contributed by atoms with Gasteiger partial charge in [0.05, 0.1) is 25.0 Å². The third-order valence-corrected chi connectivity index (χ3v) is 4.01. The van der Waals surface area contributed by atoms with Gasteiger partial charge in [0.1, 0.15) is 5.76 Å². The number of amides is 1. The minimum Gasteiger partial charge on any atom is -0.493 e. The van der Waals surface area contributed by atoms with Crippen LogP contribution < -0.4 is 14.8 Å². The Morgan fingerprint density at radius 3 is 2.96 bits per heavy atom. The molecule has 1 unspecified atom stereocenters. The van der Waals surface area contributed by atoms with Crippen molar-refractivity contribution in [3.05, 3.63) is 47.4 Å². The molecule has 2 aromatic rings. The SMILES string of the molecule is COc1cccc(C(=O)NC2CCCc3occc32)c1OC(F)F. The number of aryl methyl sites for hydroxylation is 1. The number of alkyl halides is 2. The van der Waals surface area contributed by atoms with Crippen LogP contribution in [0.3, 0.4) is 0 Å². The fourth-order valence-electron chi connectivity index (χ4n) is 2.94. The van der Waals surface area contributed by atoms with Crippen molar-refractivity contribution >= 4 is 5.91 Å². The minimum atomic E-state index is -3.05. The van der Waals surface area contributed by atoms with Gasteiger partial charge in [-0.25, -0.2) is 0 Å². The van der Waals surface area contributed by atoms with Crippen LogP contribution in [0, 0.1) is 0 Å². The second-order valence-corrected chi connectivity index (χ2v) is 5.43. The van der Waals surface area contributed by atoms with Gasteiger partial charge in [0, 0.05) is 12.0 Å². The second-order valence-electron chi connectivity index (χ2n) is 5.43. The molecule has 0 saturated carbocycles. The van der Waals surface area contributed by atoms with E-state index in [9.17, 15) is 13.6 Å². The van der Waals surface area contributed by atoms with Crippen molar-refractivity contribution in [1.82, 2.24) is 5.32 Å². The highest BCUT2D eigenvalue weighted by Gasteiger charge is 2.27. The molecule has 1 aromatic carbocycles. The fourth-order valence-corrected chi connectivity index (χ4v) is 2.94. The van der Waals surface area contributed by atoms with Crippen molar-refractivity contribution < 1.29 is 27.5 Å². The molecule has 1 heterocycles. The van der Waals surface area contributed by atoms with E-state index in [4.69, 9.17) is 9.15 Å². The maximum atomic E-state index is 12.7. The van der Waals surface area contributed by atoms with Crippen LogP contribution in [0.5, 0.6) is 11.5 Å². The van der Waals surface area contributed by atoms with Crippen LogP contribution in [0.2, 0.25) is 0 Å². The Bertz CT molecular complexity index is 729. The van der Waals surface area contributed by atoms with Gasteiger partial charge >= 0.3 is 6.61 Å². The Kier molecular flexibility index (Phi) is 4.69. The van der Waals surface area contributed by atoms with Gasteiger partial charge in [0.25, 0.3) is 5.91 Å². The van der Waals surface area contributed by atoms with E-state index in [1.807, 2.05) is 6.07 Å². The molecule has 3 rings (SSSR count). The summed E-state index contributed by atoms with van der Waals surface area (Å²) in [5.41, 5.74) is 0.930. The quantitative estimate of drug-likeness (QED) is 0.904. The average molecular weight is 337 g/mol. The largest absolute Gasteiger partial charge is 0.493 e. The zero-order valence-corrected chi connectivity index (χ0v) is 13.1. The second kappa shape index (κ2) is 6.90. The molecule has 0 radical (unpaired) electrons. The van der Waals surface area contributed by atoms with Gasteiger partial charge < -0.3 is 19.2 Å². The molecule has 24 heavy (non-hydrogen) atoms. The van der Waals surface area contributed by atoms with E-state index >= 15 is 0 Å². The molecule has 1 aromatic heterocycles. The molecule has 1 N–H and O–H groups in total. The molecule has 1 amide bonds. The number of furan rings is 1. The summed E-state index contributed by atoms with van der Waals surface area (Å²) in [7, 11) is 1.33. The summed E-state index contributed by atoms with van der Waals surface area (Å²) < 4.78 is 40.2. The summed E-state index contributed by atoms with van der Waals surface area (Å²) in [4.78, 5) is 12.6. The molecular formula is C17H17F2NO4. The predicted octanol–water partition coefficient (Wildman–Crippen LogP) is 3.70.